The lowest BCUT2D eigenvalue weighted by atomic mass is 10.0. The maximum absolute atomic E-state index is 11.0. The van der Waals surface area contributed by atoms with Crippen molar-refractivity contribution in [1.82, 2.24) is 0 Å². The van der Waals surface area contributed by atoms with E-state index < -0.39 is 18.1 Å². The van der Waals surface area contributed by atoms with Crippen LogP contribution < -0.4 is 5.73 Å². The van der Waals surface area contributed by atoms with Gasteiger partial charge in [-0.1, -0.05) is 13.8 Å². The number of hydrogen-bond acceptors (Lipinski definition) is 4. The van der Waals surface area contributed by atoms with E-state index in [1.165, 1.54) is 0 Å². The van der Waals surface area contributed by atoms with E-state index >= 15 is 0 Å². The first-order valence-corrected chi connectivity index (χ1v) is 4.11. The summed E-state index contributed by atoms with van der Waals surface area (Å²) in [5, 5.41) is 9.37. The third-order valence-corrected chi connectivity index (χ3v) is 1.61. The second kappa shape index (κ2) is 5.11. The molecule has 0 bridgehead atoms. The normalized spacial score (nSPS) is 15.8. The molecule has 4 nitrogen and oxygen atoms in total. The molecule has 0 aromatic carbocycles. The highest BCUT2D eigenvalue weighted by Crippen LogP contribution is 2.05. The van der Waals surface area contributed by atoms with Gasteiger partial charge in [0, 0.05) is 0 Å². The lowest BCUT2D eigenvalue weighted by molar-refractivity contribution is -0.148. The third-order valence-electron chi connectivity index (χ3n) is 1.61. The van der Waals surface area contributed by atoms with Crippen LogP contribution in [0.15, 0.2) is 0 Å². The molecule has 0 aromatic rings. The van der Waals surface area contributed by atoms with E-state index in [1.807, 2.05) is 0 Å². The van der Waals surface area contributed by atoms with Gasteiger partial charge in [0.15, 0.2) is 0 Å². The molecule has 0 saturated carbocycles. The van der Waals surface area contributed by atoms with Crippen LogP contribution >= 0.6 is 0 Å². The summed E-state index contributed by atoms with van der Waals surface area (Å²) in [4.78, 5) is 11.0. The molecule has 0 aliphatic heterocycles. The zero-order chi connectivity index (χ0) is 9.72. The number of aliphatic hydroxyl groups is 1. The van der Waals surface area contributed by atoms with Crippen molar-refractivity contribution in [3.05, 3.63) is 0 Å². The molecule has 0 rings (SSSR count). The predicted octanol–water partition coefficient (Wildman–Crippen LogP) is -0.106. The van der Waals surface area contributed by atoms with Crippen molar-refractivity contribution < 1.29 is 14.6 Å². The summed E-state index contributed by atoms with van der Waals surface area (Å²) in [7, 11) is 0. The fourth-order valence-electron chi connectivity index (χ4n) is 0.793. The molecular formula is C8H17NO3. The summed E-state index contributed by atoms with van der Waals surface area (Å²) >= 11 is 0. The molecule has 0 unspecified atom stereocenters. The van der Waals surface area contributed by atoms with Crippen LogP contribution in [0.5, 0.6) is 0 Å². The van der Waals surface area contributed by atoms with Crippen molar-refractivity contribution >= 4 is 5.97 Å². The first-order valence-electron chi connectivity index (χ1n) is 4.11. The van der Waals surface area contributed by atoms with E-state index in [9.17, 15) is 9.90 Å². The number of nitrogens with two attached hydrogens (primary N) is 1. The fraction of sp³-hybridized carbons (Fsp3) is 0.875. The largest absolute Gasteiger partial charge is 0.465 e. The van der Waals surface area contributed by atoms with E-state index in [1.54, 1.807) is 20.8 Å². The number of aliphatic hydroxyl groups excluding tert-OH is 1. The van der Waals surface area contributed by atoms with E-state index in [2.05, 4.69) is 4.74 Å². The minimum Gasteiger partial charge on any atom is -0.465 e. The van der Waals surface area contributed by atoms with Gasteiger partial charge in [0.05, 0.1) is 12.7 Å². The van der Waals surface area contributed by atoms with Gasteiger partial charge >= 0.3 is 5.97 Å². The molecular weight excluding hydrogens is 158 g/mol. The predicted molar refractivity (Wildman–Crippen MR) is 45.5 cm³/mol. The first-order chi connectivity index (χ1) is 5.50. The average Bonchev–Trinajstić information content (AvgIpc) is 2.02. The van der Waals surface area contributed by atoms with Crippen LogP contribution in [0.3, 0.4) is 0 Å². The lowest BCUT2D eigenvalue weighted by Crippen LogP contribution is -2.45. The van der Waals surface area contributed by atoms with Crippen LogP contribution in [0.25, 0.3) is 0 Å². The van der Waals surface area contributed by atoms with Crippen molar-refractivity contribution in [3.63, 3.8) is 0 Å². The monoisotopic (exact) mass is 175 g/mol. The summed E-state index contributed by atoms with van der Waals surface area (Å²) in [5.74, 6) is -0.580. The standard InChI is InChI=1S/C8H17NO3/c1-4-12-8(11)6(9)7(10)5(2)3/h5-7,10H,4,9H2,1-3H3/t6-,7+/m0/s1. The molecule has 0 aliphatic rings. The van der Waals surface area contributed by atoms with Gasteiger partial charge in [-0.05, 0) is 12.8 Å². The highest BCUT2D eigenvalue weighted by molar-refractivity contribution is 5.76. The number of rotatable bonds is 4. The summed E-state index contributed by atoms with van der Waals surface area (Å²) in [6.45, 7) is 5.58. The summed E-state index contributed by atoms with van der Waals surface area (Å²) in [6, 6.07) is -0.926. The van der Waals surface area contributed by atoms with E-state index in [-0.39, 0.29) is 12.5 Å². The van der Waals surface area contributed by atoms with Gasteiger partial charge in [0.2, 0.25) is 0 Å². The van der Waals surface area contributed by atoms with Crippen LogP contribution in [0, 0.1) is 5.92 Å². The second-order valence-corrected chi connectivity index (χ2v) is 3.01. The maximum atomic E-state index is 11.0. The number of ether oxygens (including phenoxy) is 1. The molecule has 3 N–H and O–H groups in total. The van der Waals surface area contributed by atoms with Crippen LogP contribution in [-0.2, 0) is 9.53 Å². The van der Waals surface area contributed by atoms with Gasteiger partial charge in [0.1, 0.15) is 6.04 Å². The minimum atomic E-state index is -0.926. The Morgan fingerprint density at radius 2 is 2.08 bits per heavy atom. The molecule has 12 heavy (non-hydrogen) atoms. The quantitative estimate of drug-likeness (QED) is 0.585. The Labute approximate surface area is 72.7 Å². The first kappa shape index (κ1) is 11.4. The Morgan fingerprint density at radius 1 is 1.58 bits per heavy atom. The molecule has 0 amide bonds. The number of carbonyl (C=O) groups excluding carboxylic acids is 1. The molecule has 0 aliphatic carbocycles. The van der Waals surface area contributed by atoms with E-state index in [0.29, 0.717) is 0 Å². The van der Waals surface area contributed by atoms with Gasteiger partial charge < -0.3 is 15.6 Å². The number of hydrogen-bond donors (Lipinski definition) is 2. The SMILES string of the molecule is CCOC(=O)[C@@H](N)[C@H](O)C(C)C. The van der Waals surface area contributed by atoms with Gasteiger partial charge in [0.25, 0.3) is 0 Å². The maximum Gasteiger partial charge on any atom is 0.325 e. The van der Waals surface area contributed by atoms with Crippen molar-refractivity contribution in [1.29, 1.82) is 0 Å². The van der Waals surface area contributed by atoms with Crippen molar-refractivity contribution in [3.8, 4) is 0 Å². The van der Waals surface area contributed by atoms with Crippen molar-refractivity contribution in [2.45, 2.75) is 32.9 Å². The Balaban J connectivity index is 4.00. The molecule has 0 aromatic heterocycles. The van der Waals surface area contributed by atoms with Gasteiger partial charge in [-0.2, -0.15) is 0 Å². The Kier molecular flexibility index (Phi) is 4.85. The van der Waals surface area contributed by atoms with Crippen molar-refractivity contribution in [2.24, 2.45) is 11.7 Å². The minimum absolute atomic E-state index is 0.0376. The smallest absolute Gasteiger partial charge is 0.325 e. The van der Waals surface area contributed by atoms with Crippen LogP contribution in [0.2, 0.25) is 0 Å². The topological polar surface area (TPSA) is 72.5 Å². The second-order valence-electron chi connectivity index (χ2n) is 3.01. The lowest BCUT2D eigenvalue weighted by Gasteiger charge is -2.19. The average molecular weight is 175 g/mol. The van der Waals surface area contributed by atoms with Crippen LogP contribution in [0.1, 0.15) is 20.8 Å². The van der Waals surface area contributed by atoms with Gasteiger partial charge in [-0.25, -0.2) is 0 Å². The molecule has 0 radical (unpaired) electrons. The van der Waals surface area contributed by atoms with E-state index in [0.717, 1.165) is 0 Å². The van der Waals surface area contributed by atoms with Gasteiger partial charge in [-0.15, -0.1) is 0 Å². The molecule has 4 heteroatoms. The van der Waals surface area contributed by atoms with Crippen LogP contribution in [0.4, 0.5) is 0 Å². The van der Waals surface area contributed by atoms with Crippen LogP contribution in [-0.4, -0.2) is 29.8 Å². The summed E-state index contributed by atoms with van der Waals surface area (Å²) < 4.78 is 4.65. The van der Waals surface area contributed by atoms with Gasteiger partial charge in [-0.3, -0.25) is 4.79 Å². The highest BCUT2D eigenvalue weighted by atomic mass is 16.5. The Morgan fingerprint density at radius 3 is 2.42 bits per heavy atom. The molecule has 0 heterocycles. The number of carbonyl (C=O) groups is 1. The molecule has 0 spiro atoms. The highest BCUT2D eigenvalue weighted by Gasteiger charge is 2.25. The molecule has 0 saturated heterocycles. The number of esters is 1. The zero-order valence-corrected chi connectivity index (χ0v) is 7.78. The Bertz CT molecular complexity index is 147. The molecule has 0 fully saturated rings. The van der Waals surface area contributed by atoms with E-state index in [4.69, 9.17) is 5.73 Å². The Hall–Kier alpha value is -0.610. The van der Waals surface area contributed by atoms with Crippen molar-refractivity contribution in [2.75, 3.05) is 6.61 Å². The zero-order valence-electron chi connectivity index (χ0n) is 7.78. The molecule has 2 atom stereocenters. The molecule has 72 valence electrons. The summed E-state index contributed by atoms with van der Waals surface area (Å²) in [5.41, 5.74) is 5.42. The fourth-order valence-corrected chi connectivity index (χ4v) is 0.793. The third kappa shape index (κ3) is 3.19. The summed E-state index contributed by atoms with van der Waals surface area (Å²) in [6.07, 6.45) is -0.830.